The van der Waals surface area contributed by atoms with Crippen LogP contribution in [0.4, 0.5) is 0 Å². The van der Waals surface area contributed by atoms with Crippen LogP contribution in [0.5, 0.6) is 0 Å². The minimum Gasteiger partial charge on any atom is -0.451 e. The van der Waals surface area contributed by atoms with E-state index in [9.17, 15) is 4.79 Å². The molecule has 1 amide bonds. The number of hydrogen-bond acceptors (Lipinski definition) is 2. The van der Waals surface area contributed by atoms with E-state index < -0.39 is 0 Å². The maximum Gasteiger partial charge on any atom is 0.290 e. The third-order valence-corrected chi connectivity index (χ3v) is 4.86. The highest BCUT2D eigenvalue weighted by molar-refractivity contribution is 5.96. The minimum absolute atomic E-state index is 0.0229. The summed E-state index contributed by atoms with van der Waals surface area (Å²) in [4.78, 5) is 18.2. The number of benzene rings is 2. The molecule has 0 atom stereocenters. The third kappa shape index (κ3) is 2.60. The highest BCUT2D eigenvalue weighted by atomic mass is 16.3. The molecule has 25 heavy (non-hydrogen) atoms. The van der Waals surface area contributed by atoms with Crippen molar-refractivity contribution in [1.29, 1.82) is 0 Å². The number of nitrogens with one attached hydrogen (secondary N) is 1. The highest BCUT2D eigenvalue weighted by Crippen LogP contribution is 2.31. The van der Waals surface area contributed by atoms with Gasteiger partial charge in [0.1, 0.15) is 5.58 Å². The number of H-pyrrole nitrogens is 1. The molecule has 1 saturated carbocycles. The average Bonchev–Trinajstić information content (AvgIpc) is 3.20. The first-order valence-electron chi connectivity index (χ1n) is 8.63. The number of fused-ring (bicyclic) bond motifs is 2. The van der Waals surface area contributed by atoms with E-state index in [-0.39, 0.29) is 5.91 Å². The molecule has 4 aromatic rings. The molecule has 1 N–H and O–H groups in total. The van der Waals surface area contributed by atoms with Crippen LogP contribution in [-0.2, 0) is 6.54 Å². The van der Waals surface area contributed by atoms with E-state index in [1.165, 1.54) is 5.39 Å². The van der Waals surface area contributed by atoms with Crippen LogP contribution in [0.1, 0.15) is 29.0 Å². The first-order chi connectivity index (χ1) is 12.3. The van der Waals surface area contributed by atoms with Crippen LogP contribution in [0.2, 0.25) is 0 Å². The number of furan rings is 1. The second-order valence-electron chi connectivity index (χ2n) is 6.71. The Morgan fingerprint density at radius 3 is 2.80 bits per heavy atom. The van der Waals surface area contributed by atoms with Gasteiger partial charge in [0, 0.05) is 29.7 Å². The van der Waals surface area contributed by atoms with Crippen molar-refractivity contribution in [3.8, 4) is 0 Å². The van der Waals surface area contributed by atoms with Crippen LogP contribution < -0.4 is 0 Å². The molecule has 1 fully saturated rings. The number of para-hydroxylation sites is 1. The number of carbonyl (C=O) groups excluding carboxylic acids is 1. The quantitative estimate of drug-likeness (QED) is 0.588. The predicted molar refractivity (Wildman–Crippen MR) is 97.4 cm³/mol. The zero-order valence-corrected chi connectivity index (χ0v) is 13.7. The number of aromatic nitrogens is 1. The molecule has 4 heteroatoms. The van der Waals surface area contributed by atoms with Crippen LogP contribution in [0.25, 0.3) is 21.9 Å². The Balaban J connectivity index is 1.46. The Bertz CT molecular complexity index is 1040. The fourth-order valence-electron chi connectivity index (χ4n) is 3.37. The first-order valence-corrected chi connectivity index (χ1v) is 8.63. The van der Waals surface area contributed by atoms with Gasteiger partial charge >= 0.3 is 0 Å². The maximum atomic E-state index is 13.0. The van der Waals surface area contributed by atoms with Gasteiger partial charge in [0.25, 0.3) is 5.91 Å². The zero-order valence-electron chi connectivity index (χ0n) is 13.7. The Hall–Kier alpha value is -3.01. The van der Waals surface area contributed by atoms with E-state index in [0.29, 0.717) is 18.3 Å². The summed E-state index contributed by atoms with van der Waals surface area (Å²) >= 11 is 0. The van der Waals surface area contributed by atoms with E-state index in [1.54, 1.807) is 0 Å². The Kier molecular flexibility index (Phi) is 3.17. The number of carbonyl (C=O) groups is 1. The third-order valence-electron chi connectivity index (χ3n) is 4.86. The summed E-state index contributed by atoms with van der Waals surface area (Å²) in [6.45, 7) is 0.607. The van der Waals surface area contributed by atoms with Crippen molar-refractivity contribution in [2.24, 2.45) is 0 Å². The smallest absolute Gasteiger partial charge is 0.290 e. The molecule has 2 aromatic heterocycles. The van der Waals surface area contributed by atoms with Gasteiger partial charge in [0.2, 0.25) is 0 Å². The summed E-state index contributed by atoms with van der Waals surface area (Å²) in [5.41, 5.74) is 2.99. The minimum atomic E-state index is -0.0229. The summed E-state index contributed by atoms with van der Waals surface area (Å²) in [5.74, 6) is 0.402. The number of rotatable bonds is 4. The van der Waals surface area contributed by atoms with E-state index in [1.807, 2.05) is 41.4 Å². The Labute approximate surface area is 145 Å². The van der Waals surface area contributed by atoms with Crippen LogP contribution in [0, 0.1) is 0 Å². The van der Waals surface area contributed by atoms with Gasteiger partial charge in [-0.15, -0.1) is 0 Å². The lowest BCUT2D eigenvalue weighted by molar-refractivity contribution is 0.0700. The fourth-order valence-corrected chi connectivity index (χ4v) is 3.37. The topological polar surface area (TPSA) is 49.2 Å². The lowest BCUT2D eigenvalue weighted by atomic mass is 10.1. The molecule has 0 aliphatic heterocycles. The van der Waals surface area contributed by atoms with Crippen molar-refractivity contribution in [3.63, 3.8) is 0 Å². The normalized spacial score (nSPS) is 14.2. The lowest BCUT2D eigenvalue weighted by Gasteiger charge is -2.21. The summed E-state index contributed by atoms with van der Waals surface area (Å²) in [6, 6.07) is 18.3. The van der Waals surface area contributed by atoms with E-state index >= 15 is 0 Å². The molecular formula is C21H18N2O2. The van der Waals surface area contributed by atoms with Crippen molar-refractivity contribution in [2.75, 3.05) is 0 Å². The number of hydrogen-bond donors (Lipinski definition) is 1. The number of nitrogens with zero attached hydrogens (tertiary/aromatic N) is 1. The van der Waals surface area contributed by atoms with E-state index in [2.05, 4.69) is 29.2 Å². The van der Waals surface area contributed by atoms with Gasteiger partial charge in [-0.25, -0.2) is 0 Å². The van der Waals surface area contributed by atoms with Crippen molar-refractivity contribution < 1.29 is 9.21 Å². The molecule has 0 spiro atoms. The molecule has 1 aliphatic rings. The summed E-state index contributed by atoms with van der Waals surface area (Å²) in [6.07, 6.45) is 4.07. The molecule has 124 valence electrons. The van der Waals surface area contributed by atoms with Crippen LogP contribution >= 0.6 is 0 Å². The molecule has 0 radical (unpaired) electrons. The molecule has 2 heterocycles. The second kappa shape index (κ2) is 5.52. The Morgan fingerprint density at radius 2 is 1.96 bits per heavy atom. The van der Waals surface area contributed by atoms with Gasteiger partial charge in [-0.3, -0.25) is 4.79 Å². The highest BCUT2D eigenvalue weighted by Gasteiger charge is 2.34. The van der Waals surface area contributed by atoms with Crippen molar-refractivity contribution >= 4 is 27.8 Å². The molecule has 0 unspecified atom stereocenters. The van der Waals surface area contributed by atoms with Gasteiger partial charge in [0.05, 0.1) is 0 Å². The second-order valence-corrected chi connectivity index (χ2v) is 6.71. The van der Waals surface area contributed by atoms with Crippen molar-refractivity contribution in [3.05, 3.63) is 72.1 Å². The maximum absolute atomic E-state index is 13.0. The van der Waals surface area contributed by atoms with Gasteiger partial charge < -0.3 is 14.3 Å². The van der Waals surface area contributed by atoms with Crippen molar-refractivity contribution in [1.82, 2.24) is 9.88 Å². The van der Waals surface area contributed by atoms with Gasteiger partial charge in [-0.1, -0.05) is 30.3 Å². The van der Waals surface area contributed by atoms with Gasteiger partial charge in [0.15, 0.2) is 5.76 Å². The van der Waals surface area contributed by atoms with Gasteiger partial charge in [-0.05, 0) is 48.1 Å². The Morgan fingerprint density at radius 1 is 1.08 bits per heavy atom. The monoisotopic (exact) mass is 330 g/mol. The summed E-state index contributed by atoms with van der Waals surface area (Å²) < 4.78 is 5.79. The zero-order chi connectivity index (χ0) is 16.8. The van der Waals surface area contributed by atoms with E-state index in [4.69, 9.17) is 4.42 Å². The standard InChI is InChI=1S/C21H18N2O2/c24-21(20-12-16-3-1-2-4-19(16)25-20)23(17-7-8-17)13-14-5-6-15-9-10-22-18(15)11-14/h1-6,9-12,17,22H,7-8,13H2. The predicted octanol–water partition coefficient (Wildman–Crippen LogP) is 4.72. The SMILES string of the molecule is O=C(c1cc2ccccc2o1)N(Cc1ccc2cc[nH]c2c1)C1CC1. The average molecular weight is 330 g/mol. The molecular weight excluding hydrogens is 312 g/mol. The van der Waals surface area contributed by atoms with Crippen LogP contribution in [-0.4, -0.2) is 21.8 Å². The van der Waals surface area contributed by atoms with Crippen LogP contribution in [0.3, 0.4) is 0 Å². The molecule has 4 nitrogen and oxygen atoms in total. The summed E-state index contributed by atoms with van der Waals surface area (Å²) in [5, 5.41) is 2.15. The summed E-state index contributed by atoms with van der Waals surface area (Å²) in [7, 11) is 0. The van der Waals surface area contributed by atoms with E-state index in [0.717, 1.165) is 34.9 Å². The molecule has 2 aromatic carbocycles. The number of aromatic amines is 1. The molecule has 0 bridgehead atoms. The van der Waals surface area contributed by atoms with Crippen molar-refractivity contribution in [2.45, 2.75) is 25.4 Å². The molecule has 0 saturated heterocycles. The van der Waals surface area contributed by atoms with Gasteiger partial charge in [-0.2, -0.15) is 0 Å². The van der Waals surface area contributed by atoms with Crippen LogP contribution in [0.15, 0.2) is 65.2 Å². The molecule has 5 rings (SSSR count). The largest absolute Gasteiger partial charge is 0.451 e. The number of amides is 1. The molecule has 1 aliphatic carbocycles. The fraction of sp³-hybridized carbons (Fsp3) is 0.190. The lowest BCUT2D eigenvalue weighted by Crippen LogP contribution is -2.32. The first kappa shape index (κ1) is 14.3.